The molecule has 104 valence electrons. The molecular weight excluding hydrogens is 264 g/mol. The minimum Gasteiger partial charge on any atom is -0.465 e. The van der Waals surface area contributed by atoms with Crippen LogP contribution in [-0.4, -0.2) is 47.2 Å². The van der Waals surface area contributed by atoms with Gasteiger partial charge >= 0.3 is 6.09 Å². The highest BCUT2D eigenvalue weighted by atomic mass is 16.6. The van der Waals surface area contributed by atoms with Crippen molar-refractivity contribution in [2.45, 2.75) is 0 Å². The lowest BCUT2D eigenvalue weighted by Gasteiger charge is -2.34. The summed E-state index contributed by atoms with van der Waals surface area (Å²) in [6.45, 7) is 1.43. The molecule has 0 atom stereocenters. The van der Waals surface area contributed by atoms with Crippen molar-refractivity contribution in [1.29, 1.82) is 5.26 Å². The Bertz CT molecular complexity index is 588. The molecule has 0 aromatic heterocycles. The third-order valence-electron chi connectivity index (χ3n) is 3.22. The summed E-state index contributed by atoms with van der Waals surface area (Å²) in [5.74, 6) is 0. The van der Waals surface area contributed by atoms with Gasteiger partial charge in [0.1, 0.15) is 6.07 Å². The van der Waals surface area contributed by atoms with E-state index in [-0.39, 0.29) is 11.3 Å². The summed E-state index contributed by atoms with van der Waals surface area (Å²) in [5, 5.41) is 28.9. The van der Waals surface area contributed by atoms with Gasteiger partial charge < -0.3 is 14.9 Å². The number of nitrogens with zero attached hydrogens (tertiary/aromatic N) is 4. The zero-order valence-electron chi connectivity index (χ0n) is 10.5. The van der Waals surface area contributed by atoms with Crippen LogP contribution in [0.5, 0.6) is 0 Å². The third kappa shape index (κ3) is 2.47. The summed E-state index contributed by atoms with van der Waals surface area (Å²) in [7, 11) is 0. The Labute approximate surface area is 114 Å². The maximum atomic E-state index is 10.9. The largest absolute Gasteiger partial charge is 0.465 e. The summed E-state index contributed by atoms with van der Waals surface area (Å²) in [4.78, 5) is 24.2. The van der Waals surface area contributed by atoms with Gasteiger partial charge in [0, 0.05) is 32.2 Å². The predicted octanol–water partition coefficient (Wildman–Crippen LogP) is 1.27. The summed E-state index contributed by atoms with van der Waals surface area (Å²) >= 11 is 0. The Hall–Kier alpha value is -2.82. The molecule has 0 spiro atoms. The second-order valence-electron chi connectivity index (χ2n) is 4.30. The molecule has 1 aromatic rings. The van der Waals surface area contributed by atoms with E-state index < -0.39 is 11.0 Å². The fourth-order valence-electron chi connectivity index (χ4n) is 2.20. The normalized spacial score (nSPS) is 14.8. The number of carboxylic acid groups (broad SMARTS) is 1. The molecule has 8 nitrogen and oxygen atoms in total. The Kier molecular flexibility index (Phi) is 3.70. The van der Waals surface area contributed by atoms with Gasteiger partial charge in [-0.1, -0.05) is 6.07 Å². The molecule has 0 aliphatic carbocycles. The lowest BCUT2D eigenvalue weighted by Crippen LogP contribution is -2.48. The molecule has 1 fully saturated rings. The Balaban J connectivity index is 2.27. The first-order valence-electron chi connectivity index (χ1n) is 5.95. The summed E-state index contributed by atoms with van der Waals surface area (Å²) in [5.41, 5.74) is 0.263. The van der Waals surface area contributed by atoms with Crippen LogP contribution in [0, 0.1) is 21.4 Å². The number of nitro benzene ring substituents is 1. The van der Waals surface area contributed by atoms with E-state index in [2.05, 4.69) is 0 Å². The zero-order valence-corrected chi connectivity index (χ0v) is 10.5. The number of amides is 1. The van der Waals surface area contributed by atoms with Gasteiger partial charge in [0.05, 0.1) is 10.6 Å². The topological polar surface area (TPSA) is 111 Å². The Morgan fingerprint density at radius 1 is 1.35 bits per heavy atom. The van der Waals surface area contributed by atoms with Gasteiger partial charge in [-0.25, -0.2) is 4.79 Å². The van der Waals surface area contributed by atoms with Crippen LogP contribution in [0.15, 0.2) is 18.2 Å². The number of nitriles is 1. The molecule has 1 saturated heterocycles. The number of hydrogen-bond donors (Lipinski definition) is 1. The molecule has 1 aliphatic heterocycles. The van der Waals surface area contributed by atoms with Crippen LogP contribution < -0.4 is 4.90 Å². The average Bonchev–Trinajstić information content (AvgIpc) is 2.46. The van der Waals surface area contributed by atoms with E-state index in [1.807, 2.05) is 6.07 Å². The highest BCUT2D eigenvalue weighted by Crippen LogP contribution is 2.29. The minimum absolute atomic E-state index is 0.0151. The maximum Gasteiger partial charge on any atom is 0.407 e. The SMILES string of the molecule is N#Cc1c(N2CCN(C(=O)O)CC2)cccc1[N+](=O)[O-]. The van der Waals surface area contributed by atoms with Gasteiger partial charge in [0.15, 0.2) is 5.56 Å². The average molecular weight is 276 g/mol. The maximum absolute atomic E-state index is 10.9. The Morgan fingerprint density at radius 3 is 2.50 bits per heavy atom. The number of anilines is 1. The molecule has 1 N–H and O–H groups in total. The van der Waals surface area contributed by atoms with Crippen molar-refractivity contribution in [2.75, 3.05) is 31.1 Å². The highest BCUT2D eigenvalue weighted by molar-refractivity contribution is 5.69. The van der Waals surface area contributed by atoms with E-state index in [0.717, 1.165) is 0 Å². The molecule has 0 unspecified atom stereocenters. The first kappa shape index (κ1) is 13.6. The fraction of sp³-hybridized carbons (Fsp3) is 0.333. The number of nitro groups is 1. The first-order valence-corrected chi connectivity index (χ1v) is 5.95. The summed E-state index contributed by atoms with van der Waals surface area (Å²) in [6, 6.07) is 6.32. The quantitative estimate of drug-likeness (QED) is 0.643. The van der Waals surface area contributed by atoms with Crippen LogP contribution >= 0.6 is 0 Å². The van der Waals surface area contributed by atoms with E-state index in [4.69, 9.17) is 10.4 Å². The van der Waals surface area contributed by atoms with Crippen LogP contribution in [0.1, 0.15) is 5.56 Å². The number of carbonyl (C=O) groups is 1. The van der Waals surface area contributed by atoms with Gasteiger partial charge in [-0.2, -0.15) is 5.26 Å². The van der Waals surface area contributed by atoms with Gasteiger partial charge in [-0.3, -0.25) is 10.1 Å². The molecule has 8 heteroatoms. The van der Waals surface area contributed by atoms with E-state index >= 15 is 0 Å². The molecule has 1 heterocycles. The number of hydrogen-bond acceptors (Lipinski definition) is 5. The molecular formula is C12H12N4O4. The van der Waals surface area contributed by atoms with E-state index in [1.54, 1.807) is 11.0 Å². The van der Waals surface area contributed by atoms with E-state index in [9.17, 15) is 14.9 Å². The molecule has 0 bridgehead atoms. The van der Waals surface area contributed by atoms with Crippen molar-refractivity contribution >= 4 is 17.5 Å². The van der Waals surface area contributed by atoms with Gasteiger partial charge in [0.25, 0.3) is 5.69 Å². The van der Waals surface area contributed by atoms with Crippen molar-refractivity contribution in [3.8, 4) is 6.07 Å². The van der Waals surface area contributed by atoms with Gasteiger partial charge in [0.2, 0.25) is 0 Å². The van der Waals surface area contributed by atoms with E-state index in [1.165, 1.54) is 17.0 Å². The van der Waals surface area contributed by atoms with Crippen LogP contribution in [0.4, 0.5) is 16.2 Å². The van der Waals surface area contributed by atoms with Gasteiger partial charge in [-0.05, 0) is 6.07 Å². The monoisotopic (exact) mass is 276 g/mol. The van der Waals surface area contributed by atoms with Crippen LogP contribution in [0.2, 0.25) is 0 Å². The summed E-state index contributed by atoms with van der Waals surface area (Å²) < 4.78 is 0. The van der Waals surface area contributed by atoms with Crippen molar-refractivity contribution < 1.29 is 14.8 Å². The van der Waals surface area contributed by atoms with Crippen molar-refractivity contribution in [2.24, 2.45) is 0 Å². The lowest BCUT2D eigenvalue weighted by atomic mass is 10.1. The molecule has 2 rings (SSSR count). The molecule has 0 radical (unpaired) electrons. The molecule has 20 heavy (non-hydrogen) atoms. The highest BCUT2D eigenvalue weighted by Gasteiger charge is 2.25. The number of piperazine rings is 1. The molecule has 1 amide bonds. The van der Waals surface area contributed by atoms with Crippen molar-refractivity contribution in [1.82, 2.24) is 4.90 Å². The van der Waals surface area contributed by atoms with Crippen LogP contribution in [0.25, 0.3) is 0 Å². The third-order valence-corrected chi connectivity index (χ3v) is 3.22. The second-order valence-corrected chi connectivity index (χ2v) is 4.30. The summed E-state index contributed by atoms with van der Waals surface area (Å²) in [6.07, 6.45) is -0.982. The molecule has 0 saturated carbocycles. The van der Waals surface area contributed by atoms with Crippen molar-refractivity contribution in [3.63, 3.8) is 0 Å². The Morgan fingerprint density at radius 2 is 2.00 bits per heavy atom. The van der Waals surface area contributed by atoms with Crippen LogP contribution in [-0.2, 0) is 0 Å². The zero-order chi connectivity index (χ0) is 14.7. The first-order chi connectivity index (χ1) is 9.54. The fourth-order valence-corrected chi connectivity index (χ4v) is 2.20. The van der Waals surface area contributed by atoms with Crippen LogP contribution in [0.3, 0.4) is 0 Å². The van der Waals surface area contributed by atoms with Gasteiger partial charge in [-0.15, -0.1) is 0 Å². The second kappa shape index (κ2) is 5.44. The predicted molar refractivity (Wildman–Crippen MR) is 69.6 cm³/mol. The standard InChI is InChI=1S/C12H12N4O4/c13-8-9-10(2-1-3-11(9)16(19)20)14-4-6-15(7-5-14)12(17)18/h1-3H,4-7H2,(H,17,18). The molecule has 1 aliphatic rings. The lowest BCUT2D eigenvalue weighted by molar-refractivity contribution is -0.385. The smallest absolute Gasteiger partial charge is 0.407 e. The molecule has 1 aromatic carbocycles. The van der Waals surface area contributed by atoms with Crippen molar-refractivity contribution in [3.05, 3.63) is 33.9 Å². The number of rotatable bonds is 2. The number of benzene rings is 1. The van der Waals surface area contributed by atoms with E-state index in [0.29, 0.717) is 31.9 Å². The minimum atomic E-state index is -0.982.